The fourth-order valence-corrected chi connectivity index (χ4v) is 1.17. The number of carbonyl (C=O) groups excluding carboxylic acids is 1. The first-order valence-corrected chi connectivity index (χ1v) is 4.19. The first-order chi connectivity index (χ1) is 5.66. The number of amides is 1. The molecule has 1 heterocycles. The van der Waals surface area contributed by atoms with Crippen molar-refractivity contribution in [1.82, 2.24) is 4.90 Å². The molecule has 3 nitrogen and oxygen atoms in total. The zero-order valence-electron chi connectivity index (χ0n) is 7.16. The van der Waals surface area contributed by atoms with E-state index in [2.05, 4.69) is 0 Å². The summed E-state index contributed by atoms with van der Waals surface area (Å²) in [6.45, 7) is 4.68. The van der Waals surface area contributed by atoms with Crippen LogP contribution in [0.5, 0.6) is 0 Å². The summed E-state index contributed by atoms with van der Waals surface area (Å²) in [5, 5.41) is 0.293. The third kappa shape index (κ3) is 1.64. The molecular formula is C8H11NO2S. The number of ether oxygens (including phenoxy) is 1. The molecule has 0 aliphatic carbocycles. The maximum absolute atomic E-state index is 11.5. The Kier molecular flexibility index (Phi) is 2.81. The summed E-state index contributed by atoms with van der Waals surface area (Å²) in [6, 6.07) is 0. The summed E-state index contributed by atoms with van der Waals surface area (Å²) in [6.07, 6.45) is 1.77. The summed E-state index contributed by atoms with van der Waals surface area (Å²) >= 11 is 4.84. The molecule has 66 valence electrons. The van der Waals surface area contributed by atoms with Crippen LogP contribution in [0.1, 0.15) is 13.8 Å². The molecular weight excluding hydrogens is 174 g/mol. The Balaban J connectivity index is 2.70. The Morgan fingerprint density at radius 1 is 1.75 bits per heavy atom. The molecule has 0 aromatic rings. The number of nitrogens with zero attached hydrogens (tertiary/aromatic N) is 1. The number of allylic oxidation sites excluding steroid dienone is 1. The van der Waals surface area contributed by atoms with Crippen LogP contribution in [-0.2, 0) is 9.53 Å². The van der Waals surface area contributed by atoms with Crippen LogP contribution in [0.15, 0.2) is 11.6 Å². The van der Waals surface area contributed by atoms with Gasteiger partial charge < -0.3 is 4.74 Å². The van der Waals surface area contributed by atoms with Crippen LogP contribution >= 0.6 is 12.2 Å². The van der Waals surface area contributed by atoms with Crippen molar-refractivity contribution in [2.24, 2.45) is 0 Å². The monoisotopic (exact) mass is 185 g/mol. The average molecular weight is 185 g/mol. The highest BCUT2D eigenvalue weighted by atomic mass is 32.1. The molecule has 0 atom stereocenters. The second-order valence-electron chi connectivity index (χ2n) is 2.54. The van der Waals surface area contributed by atoms with Gasteiger partial charge in [-0.2, -0.15) is 0 Å². The molecule has 12 heavy (non-hydrogen) atoms. The maximum Gasteiger partial charge on any atom is 0.266 e. The summed E-state index contributed by atoms with van der Waals surface area (Å²) < 4.78 is 4.99. The van der Waals surface area contributed by atoms with Gasteiger partial charge in [0.2, 0.25) is 0 Å². The van der Waals surface area contributed by atoms with Crippen LogP contribution in [0, 0.1) is 0 Å². The van der Waals surface area contributed by atoms with Gasteiger partial charge in [0.25, 0.3) is 11.1 Å². The fraction of sp³-hybridized carbons (Fsp3) is 0.500. The van der Waals surface area contributed by atoms with Crippen LogP contribution < -0.4 is 0 Å². The van der Waals surface area contributed by atoms with Crippen molar-refractivity contribution in [3.63, 3.8) is 0 Å². The van der Waals surface area contributed by atoms with E-state index in [0.717, 1.165) is 0 Å². The van der Waals surface area contributed by atoms with Gasteiger partial charge in [-0.15, -0.1) is 0 Å². The van der Waals surface area contributed by atoms with Crippen LogP contribution in [0.3, 0.4) is 0 Å². The minimum Gasteiger partial charge on any atom is -0.469 e. The van der Waals surface area contributed by atoms with Gasteiger partial charge >= 0.3 is 0 Å². The number of rotatable bonds is 1. The maximum atomic E-state index is 11.5. The van der Waals surface area contributed by atoms with Gasteiger partial charge in [0.1, 0.15) is 6.61 Å². The van der Waals surface area contributed by atoms with E-state index in [1.165, 1.54) is 4.90 Å². The van der Waals surface area contributed by atoms with Crippen LogP contribution in [-0.4, -0.2) is 29.1 Å². The number of thiocarbonyl (C=S) groups is 1. The predicted octanol–water partition coefficient (Wildman–Crippen LogP) is 1.10. The van der Waals surface area contributed by atoms with E-state index in [0.29, 0.717) is 23.9 Å². The number of carbonyl (C=O) groups is 1. The van der Waals surface area contributed by atoms with Gasteiger partial charge in [-0.05, 0) is 26.1 Å². The van der Waals surface area contributed by atoms with Gasteiger partial charge in [-0.3, -0.25) is 9.69 Å². The molecule has 1 aliphatic heterocycles. The minimum absolute atomic E-state index is 0.0556. The molecule has 0 bridgehead atoms. The van der Waals surface area contributed by atoms with Gasteiger partial charge in [0.05, 0.1) is 6.54 Å². The van der Waals surface area contributed by atoms with Crippen molar-refractivity contribution < 1.29 is 9.53 Å². The Morgan fingerprint density at radius 3 is 2.83 bits per heavy atom. The lowest BCUT2D eigenvalue weighted by molar-refractivity contribution is -0.123. The topological polar surface area (TPSA) is 29.5 Å². The second kappa shape index (κ2) is 3.67. The van der Waals surface area contributed by atoms with E-state index >= 15 is 0 Å². The van der Waals surface area contributed by atoms with Crippen LogP contribution in [0.25, 0.3) is 0 Å². The smallest absolute Gasteiger partial charge is 0.266 e. The lowest BCUT2D eigenvalue weighted by atomic mass is 10.2. The van der Waals surface area contributed by atoms with E-state index in [1.54, 1.807) is 13.0 Å². The average Bonchev–Trinajstić information content (AvgIpc) is 2.48. The number of hydrogen-bond donors (Lipinski definition) is 0. The molecule has 1 rings (SSSR count). The molecule has 0 N–H and O–H groups in total. The van der Waals surface area contributed by atoms with Crippen molar-refractivity contribution in [2.75, 3.05) is 13.2 Å². The molecule has 0 radical (unpaired) electrons. The largest absolute Gasteiger partial charge is 0.469 e. The van der Waals surface area contributed by atoms with Crippen molar-refractivity contribution in [1.29, 1.82) is 0 Å². The van der Waals surface area contributed by atoms with E-state index in [1.807, 2.05) is 6.92 Å². The molecule has 1 amide bonds. The van der Waals surface area contributed by atoms with Crippen molar-refractivity contribution >= 4 is 23.3 Å². The molecule has 1 saturated heterocycles. The quantitative estimate of drug-likeness (QED) is 0.452. The van der Waals surface area contributed by atoms with Crippen LogP contribution in [0.2, 0.25) is 0 Å². The normalized spacial score (nSPS) is 18.0. The highest BCUT2D eigenvalue weighted by molar-refractivity contribution is 7.80. The standard InChI is InChI=1S/C8H11NO2S/c1-3-6(2)7(10)9-4-5-11-8(9)12/h3H,4-5H2,1-2H3/b6-3+. The minimum atomic E-state index is -0.0556. The third-order valence-electron chi connectivity index (χ3n) is 1.78. The molecule has 4 heteroatoms. The van der Waals surface area contributed by atoms with Gasteiger partial charge in [0.15, 0.2) is 0 Å². The van der Waals surface area contributed by atoms with Crippen molar-refractivity contribution in [2.45, 2.75) is 13.8 Å². The highest BCUT2D eigenvalue weighted by Crippen LogP contribution is 2.08. The molecule has 1 aliphatic rings. The van der Waals surface area contributed by atoms with Gasteiger partial charge in [-0.1, -0.05) is 6.08 Å². The summed E-state index contributed by atoms with van der Waals surface area (Å²) in [5.41, 5.74) is 0.697. The Bertz CT molecular complexity index is 247. The van der Waals surface area contributed by atoms with E-state index in [-0.39, 0.29) is 5.91 Å². The first-order valence-electron chi connectivity index (χ1n) is 3.78. The zero-order valence-corrected chi connectivity index (χ0v) is 7.98. The van der Waals surface area contributed by atoms with E-state index in [4.69, 9.17) is 17.0 Å². The Hall–Kier alpha value is -0.900. The molecule has 0 aromatic carbocycles. The van der Waals surface area contributed by atoms with Crippen LogP contribution in [0.4, 0.5) is 0 Å². The van der Waals surface area contributed by atoms with Crippen molar-refractivity contribution in [3.8, 4) is 0 Å². The van der Waals surface area contributed by atoms with Gasteiger partial charge in [-0.25, -0.2) is 0 Å². The lowest BCUT2D eigenvalue weighted by Gasteiger charge is -2.12. The summed E-state index contributed by atoms with van der Waals surface area (Å²) in [7, 11) is 0. The van der Waals surface area contributed by atoms with E-state index in [9.17, 15) is 4.79 Å². The van der Waals surface area contributed by atoms with E-state index < -0.39 is 0 Å². The highest BCUT2D eigenvalue weighted by Gasteiger charge is 2.25. The molecule has 0 saturated carbocycles. The second-order valence-corrected chi connectivity index (χ2v) is 2.89. The fourth-order valence-electron chi connectivity index (χ4n) is 0.914. The Morgan fingerprint density at radius 2 is 2.42 bits per heavy atom. The van der Waals surface area contributed by atoms with Crippen molar-refractivity contribution in [3.05, 3.63) is 11.6 Å². The molecule has 0 spiro atoms. The molecule has 0 unspecified atom stereocenters. The lowest BCUT2D eigenvalue weighted by Crippen LogP contribution is -2.31. The SMILES string of the molecule is C/C=C(\C)C(=O)N1CCOC1=S. The molecule has 0 aromatic heterocycles. The third-order valence-corrected chi connectivity index (χ3v) is 2.11. The Labute approximate surface area is 77.0 Å². The zero-order chi connectivity index (χ0) is 9.14. The summed E-state index contributed by atoms with van der Waals surface area (Å²) in [4.78, 5) is 13.0. The first kappa shape index (κ1) is 9.19. The summed E-state index contributed by atoms with van der Waals surface area (Å²) in [5.74, 6) is -0.0556. The molecule has 1 fully saturated rings. The van der Waals surface area contributed by atoms with Gasteiger partial charge in [0, 0.05) is 5.57 Å². The number of hydrogen-bond acceptors (Lipinski definition) is 3. The predicted molar refractivity (Wildman–Crippen MR) is 49.7 cm³/mol.